The average Bonchev–Trinajstić information content (AvgIpc) is 3.59. The van der Waals surface area contributed by atoms with Gasteiger partial charge in [0, 0.05) is 50.8 Å². The molecule has 0 atom stereocenters. The van der Waals surface area contributed by atoms with E-state index in [4.69, 9.17) is 19.9 Å². The van der Waals surface area contributed by atoms with E-state index in [0.29, 0.717) is 5.82 Å². The highest BCUT2D eigenvalue weighted by Crippen LogP contribution is 2.49. The third kappa shape index (κ3) is 7.02. The van der Waals surface area contributed by atoms with Crippen molar-refractivity contribution in [1.82, 2.24) is 19.9 Å². The summed E-state index contributed by atoms with van der Waals surface area (Å²) < 4.78 is 0. The van der Waals surface area contributed by atoms with Gasteiger partial charge in [-0.15, -0.1) is 0 Å². The van der Waals surface area contributed by atoms with Crippen LogP contribution in [0.1, 0.15) is 25.0 Å². The van der Waals surface area contributed by atoms with Gasteiger partial charge in [-0.25, -0.2) is 19.9 Å². The van der Waals surface area contributed by atoms with Crippen molar-refractivity contribution in [2.75, 3.05) is 0 Å². The Balaban J connectivity index is 0.000000686. The molecule has 0 unspecified atom stereocenters. The number of aromatic nitrogens is 4. The van der Waals surface area contributed by atoms with E-state index in [-0.39, 0.29) is 5.41 Å². The Bertz CT molecular complexity index is 3450. The van der Waals surface area contributed by atoms with Crippen LogP contribution in [0.4, 0.5) is 0 Å². The lowest BCUT2D eigenvalue weighted by Crippen LogP contribution is -2.14. The molecule has 0 saturated heterocycles. The van der Waals surface area contributed by atoms with Crippen molar-refractivity contribution >= 4 is 32.6 Å². The van der Waals surface area contributed by atoms with Crippen LogP contribution < -0.4 is 0 Å². The van der Waals surface area contributed by atoms with Crippen LogP contribution in [0.25, 0.3) is 99.9 Å². The molecule has 4 nitrogen and oxygen atoms in total. The Hall–Kier alpha value is -8.08. The molecule has 0 spiro atoms. The van der Waals surface area contributed by atoms with Crippen molar-refractivity contribution in [1.29, 1.82) is 0 Å². The van der Waals surface area contributed by atoms with E-state index >= 15 is 0 Å². The van der Waals surface area contributed by atoms with Gasteiger partial charge in [-0.2, -0.15) is 0 Å². The first-order valence-corrected chi connectivity index (χ1v) is 21.4. The monoisotopic (exact) mass is 806 g/mol. The number of benzene rings is 8. The summed E-state index contributed by atoms with van der Waals surface area (Å²) in [5.41, 5.74) is 16.5. The molecule has 0 bridgehead atoms. The van der Waals surface area contributed by atoms with Crippen LogP contribution >= 0.6 is 0 Å². The third-order valence-corrected chi connectivity index (χ3v) is 12.4. The second kappa shape index (κ2) is 15.7. The number of rotatable bonds is 5. The van der Waals surface area contributed by atoms with Crippen LogP contribution in [-0.4, -0.2) is 19.9 Å². The minimum atomic E-state index is -0.0499. The molecule has 4 heteroatoms. The van der Waals surface area contributed by atoms with Crippen molar-refractivity contribution in [2.45, 2.75) is 19.3 Å². The number of pyridine rings is 2. The molecule has 0 aliphatic heterocycles. The minimum Gasteiger partial charge on any atom is -0.245 e. The zero-order chi connectivity index (χ0) is 42.3. The molecule has 0 amide bonds. The molecular formula is C59H42N4. The molecule has 11 aromatic rings. The summed E-state index contributed by atoms with van der Waals surface area (Å²) in [5, 5.41) is 4.50. The first-order valence-electron chi connectivity index (χ1n) is 21.4. The maximum Gasteiger partial charge on any atom is 0.159 e. The third-order valence-electron chi connectivity index (χ3n) is 12.4. The predicted molar refractivity (Wildman–Crippen MR) is 261 cm³/mol. The molecule has 0 fully saturated rings. The van der Waals surface area contributed by atoms with E-state index in [2.05, 4.69) is 178 Å². The van der Waals surface area contributed by atoms with Gasteiger partial charge in [-0.05, 0) is 80.0 Å². The lowest BCUT2D eigenvalue weighted by molar-refractivity contribution is 0.660. The summed E-state index contributed by atoms with van der Waals surface area (Å²) >= 11 is 0. The van der Waals surface area contributed by atoms with E-state index in [0.717, 1.165) is 61.0 Å². The maximum atomic E-state index is 5.29. The van der Waals surface area contributed by atoms with E-state index in [1.54, 1.807) is 0 Å². The molecule has 3 heterocycles. The number of fused-ring (bicyclic) bond motifs is 7. The molecule has 3 aromatic heterocycles. The van der Waals surface area contributed by atoms with Crippen molar-refractivity contribution in [3.05, 3.63) is 230 Å². The van der Waals surface area contributed by atoms with Gasteiger partial charge in [0.15, 0.2) is 5.82 Å². The molecule has 1 aliphatic rings. The highest BCUT2D eigenvalue weighted by Gasteiger charge is 2.35. The summed E-state index contributed by atoms with van der Waals surface area (Å²) in [6.45, 7) is 4.66. The molecular weight excluding hydrogens is 765 g/mol. The van der Waals surface area contributed by atoms with Gasteiger partial charge in [-0.3, -0.25) is 0 Å². The fourth-order valence-electron chi connectivity index (χ4n) is 9.13. The second-order valence-corrected chi connectivity index (χ2v) is 16.7. The fourth-order valence-corrected chi connectivity index (χ4v) is 9.13. The van der Waals surface area contributed by atoms with Crippen LogP contribution in [-0.2, 0) is 5.41 Å². The quantitative estimate of drug-likeness (QED) is 0.163. The maximum absolute atomic E-state index is 5.29. The average molecular weight is 807 g/mol. The topological polar surface area (TPSA) is 51.6 Å². The molecule has 0 saturated carbocycles. The lowest BCUT2D eigenvalue weighted by Gasteiger charge is -2.22. The molecule has 8 aromatic carbocycles. The standard InChI is InChI=1S/C53H36N4.C6H6/c1-53(2)46-19-6-5-17-44(46)45-25-22-37(30-47(45)53)36-12-7-13-38(28-36)48-26-23-34-20-21-35-24-27-49(57-51(35)50(34)56-48)39-14-8-15-40(29-39)52-54-31-41(32-55-52)43-18-9-11-33-10-3-4-16-42(33)43;1-2-4-6-5-3-1/h3-32H,1-2H3;1-6H. The summed E-state index contributed by atoms with van der Waals surface area (Å²) in [6, 6.07) is 72.3. The first kappa shape index (κ1) is 37.9. The Morgan fingerprint density at radius 2 is 0.841 bits per heavy atom. The SMILES string of the molecule is CC1(C)c2ccccc2-c2ccc(-c3cccc(-c4ccc5ccc6ccc(-c7cccc(-c8ncc(-c9cccc%10ccccc9%10)cn8)c7)nc6c5n4)c3)cc21.c1ccccc1. The highest BCUT2D eigenvalue weighted by molar-refractivity contribution is 6.04. The summed E-state index contributed by atoms with van der Waals surface area (Å²) in [6.07, 6.45) is 3.84. The van der Waals surface area contributed by atoms with Gasteiger partial charge >= 0.3 is 0 Å². The number of hydrogen-bond acceptors (Lipinski definition) is 4. The summed E-state index contributed by atoms with van der Waals surface area (Å²) in [5.74, 6) is 0.675. The van der Waals surface area contributed by atoms with E-state index in [1.165, 1.54) is 44.2 Å². The van der Waals surface area contributed by atoms with E-state index in [9.17, 15) is 0 Å². The minimum absolute atomic E-state index is 0.0499. The largest absolute Gasteiger partial charge is 0.245 e. The Morgan fingerprint density at radius 3 is 1.54 bits per heavy atom. The summed E-state index contributed by atoms with van der Waals surface area (Å²) in [4.78, 5) is 20.2. The number of nitrogens with zero attached hydrogens (tertiary/aromatic N) is 4. The molecule has 0 radical (unpaired) electrons. The van der Waals surface area contributed by atoms with E-state index in [1.807, 2.05) is 54.9 Å². The zero-order valence-electron chi connectivity index (χ0n) is 35.1. The Morgan fingerprint density at radius 1 is 0.333 bits per heavy atom. The van der Waals surface area contributed by atoms with Gasteiger partial charge in [0.05, 0.1) is 22.4 Å². The van der Waals surface area contributed by atoms with Gasteiger partial charge in [-0.1, -0.05) is 190 Å². The van der Waals surface area contributed by atoms with Crippen LogP contribution in [0.2, 0.25) is 0 Å². The Labute approximate surface area is 367 Å². The first-order chi connectivity index (χ1) is 31.0. The van der Waals surface area contributed by atoms with Crippen molar-refractivity contribution < 1.29 is 0 Å². The fraction of sp³-hybridized carbons (Fsp3) is 0.0508. The van der Waals surface area contributed by atoms with Gasteiger partial charge in [0.1, 0.15) is 0 Å². The van der Waals surface area contributed by atoms with Crippen molar-refractivity contribution in [3.63, 3.8) is 0 Å². The lowest BCUT2D eigenvalue weighted by atomic mass is 9.81. The Kier molecular flexibility index (Phi) is 9.47. The normalized spacial score (nSPS) is 12.4. The van der Waals surface area contributed by atoms with Gasteiger partial charge in [0.2, 0.25) is 0 Å². The van der Waals surface area contributed by atoms with Crippen LogP contribution in [0.5, 0.6) is 0 Å². The van der Waals surface area contributed by atoms with E-state index < -0.39 is 0 Å². The van der Waals surface area contributed by atoms with Crippen molar-refractivity contribution in [2.24, 2.45) is 0 Å². The second-order valence-electron chi connectivity index (χ2n) is 16.7. The van der Waals surface area contributed by atoms with Gasteiger partial charge < -0.3 is 0 Å². The van der Waals surface area contributed by atoms with Crippen molar-refractivity contribution in [3.8, 4) is 67.3 Å². The highest BCUT2D eigenvalue weighted by atomic mass is 14.9. The molecule has 298 valence electrons. The summed E-state index contributed by atoms with van der Waals surface area (Å²) in [7, 11) is 0. The molecule has 0 N–H and O–H groups in total. The predicted octanol–water partition coefficient (Wildman–Crippen LogP) is 15.1. The zero-order valence-corrected chi connectivity index (χ0v) is 35.1. The molecule has 63 heavy (non-hydrogen) atoms. The number of hydrogen-bond donors (Lipinski definition) is 0. The molecule has 1 aliphatic carbocycles. The smallest absolute Gasteiger partial charge is 0.159 e. The van der Waals surface area contributed by atoms with Gasteiger partial charge in [0.25, 0.3) is 0 Å². The van der Waals surface area contributed by atoms with Crippen LogP contribution in [0, 0.1) is 0 Å². The van der Waals surface area contributed by atoms with Crippen LogP contribution in [0.3, 0.4) is 0 Å². The molecule has 12 rings (SSSR count). The van der Waals surface area contributed by atoms with Crippen LogP contribution in [0.15, 0.2) is 219 Å².